The van der Waals surface area contributed by atoms with Crippen molar-refractivity contribution >= 4 is 83.0 Å². The van der Waals surface area contributed by atoms with Crippen LogP contribution in [0.25, 0.3) is 0 Å². The average Bonchev–Trinajstić information content (AvgIpc) is 0.800. The lowest BCUT2D eigenvalue weighted by molar-refractivity contribution is -0.164. The Morgan fingerprint density at radius 2 is 0.913 bits per heavy atom. The third-order valence-electron chi connectivity index (χ3n) is 18.2. The highest BCUT2D eigenvalue weighted by atomic mass is 16.6. The quantitative estimate of drug-likeness (QED) is 0.0345. The Morgan fingerprint density at radius 1 is 0.466 bits per heavy atom. The van der Waals surface area contributed by atoms with E-state index in [1.807, 2.05) is 47.6 Å². The van der Waals surface area contributed by atoms with E-state index in [-0.39, 0.29) is 50.0 Å². The van der Waals surface area contributed by atoms with Crippen LogP contribution in [0.5, 0.6) is 0 Å². The normalized spacial score (nSPS) is 15.5. The van der Waals surface area contributed by atoms with Crippen molar-refractivity contribution in [1.82, 2.24) is 60.5 Å². The van der Waals surface area contributed by atoms with E-state index in [4.69, 9.17) is 14.2 Å². The van der Waals surface area contributed by atoms with Gasteiger partial charge in [0.25, 0.3) is 0 Å². The molecule has 0 saturated carbocycles. The summed E-state index contributed by atoms with van der Waals surface area (Å²) >= 11 is 0. The number of carbonyl (C=O) groups is 14. The van der Waals surface area contributed by atoms with Gasteiger partial charge < -0.3 is 69.8 Å². The van der Waals surface area contributed by atoms with Crippen LogP contribution in [0.3, 0.4) is 0 Å². The van der Waals surface area contributed by atoms with E-state index in [2.05, 4.69) is 21.3 Å². The lowest BCUT2D eigenvalue weighted by Crippen LogP contribution is -2.64. The van der Waals surface area contributed by atoms with Crippen molar-refractivity contribution in [3.05, 3.63) is 12.2 Å². The highest BCUT2D eigenvalue weighted by Crippen LogP contribution is 2.27. The minimum absolute atomic E-state index is 0.0616. The second-order valence-electron chi connectivity index (χ2n) is 30.7. The number of hydrogen-bond donors (Lipinski definition) is 4. The fraction of sp³-hybridized carbons (Fsp3) is 0.784. The number of amides is 12. The predicted octanol–water partition coefficient (Wildman–Crippen LogP) is 5.25. The van der Waals surface area contributed by atoms with Crippen molar-refractivity contribution in [2.24, 2.45) is 41.4 Å². The minimum Gasteiger partial charge on any atom is -0.468 e. The molecule has 4 N–H and O–H groups in total. The molecule has 29 heteroatoms. The molecule has 103 heavy (non-hydrogen) atoms. The van der Waals surface area contributed by atoms with Crippen LogP contribution < -0.4 is 21.3 Å². The van der Waals surface area contributed by atoms with Gasteiger partial charge in [0.15, 0.2) is 0 Å². The largest absolute Gasteiger partial charge is 0.468 e. The molecule has 29 nitrogen and oxygen atoms in total. The first-order valence-corrected chi connectivity index (χ1v) is 36.3. The first kappa shape index (κ1) is 95.1. The molecule has 13 atom stereocenters. The lowest BCUT2D eigenvalue weighted by atomic mass is 9.91. The van der Waals surface area contributed by atoms with Crippen molar-refractivity contribution in [2.45, 2.75) is 270 Å². The van der Waals surface area contributed by atoms with Gasteiger partial charge in [0, 0.05) is 62.8 Å². The summed E-state index contributed by atoms with van der Waals surface area (Å²) in [4.78, 5) is 208. The topological polar surface area (TPSA) is 341 Å². The molecule has 0 fully saturated rings. The molecular formula is C74H132N12O17. The second-order valence-corrected chi connectivity index (χ2v) is 30.7. The van der Waals surface area contributed by atoms with Gasteiger partial charge in [-0.1, -0.05) is 109 Å². The third-order valence-corrected chi connectivity index (χ3v) is 18.2. The molecule has 0 heterocycles. The molecule has 0 saturated heterocycles. The maximum Gasteiger partial charge on any atom is 0.410 e. The maximum absolute atomic E-state index is 15.3. The van der Waals surface area contributed by atoms with E-state index in [0.717, 1.165) is 21.6 Å². The number of allylic oxidation sites excluding steroid dienone is 2. The number of esters is 2. The van der Waals surface area contributed by atoms with E-state index < -0.39 is 191 Å². The zero-order valence-corrected chi connectivity index (χ0v) is 68.1. The van der Waals surface area contributed by atoms with E-state index >= 15 is 14.4 Å². The number of carbonyl (C=O) groups excluding carboxylic acids is 14. The van der Waals surface area contributed by atoms with Crippen LogP contribution >= 0.6 is 0 Å². The van der Waals surface area contributed by atoms with Crippen molar-refractivity contribution in [2.75, 3.05) is 69.5 Å². The monoisotopic (exact) mass is 1460 g/mol. The van der Waals surface area contributed by atoms with Gasteiger partial charge in [-0.3, -0.25) is 67.2 Å². The molecule has 0 rings (SSSR count). The third kappa shape index (κ3) is 28.6. The summed E-state index contributed by atoms with van der Waals surface area (Å²) < 4.78 is 16.1. The van der Waals surface area contributed by atoms with Crippen LogP contribution in [-0.2, 0) is 76.5 Å². The molecular weight excluding hydrogens is 1330 g/mol. The van der Waals surface area contributed by atoms with Gasteiger partial charge in [-0.15, -0.1) is 0 Å². The summed E-state index contributed by atoms with van der Waals surface area (Å²) in [5, 5.41) is 11.0. The molecule has 1 unspecified atom stereocenters. The van der Waals surface area contributed by atoms with Gasteiger partial charge in [-0.2, -0.15) is 0 Å². The van der Waals surface area contributed by atoms with Crippen LogP contribution in [-0.4, -0.2) is 270 Å². The van der Waals surface area contributed by atoms with E-state index in [9.17, 15) is 52.7 Å². The molecule has 0 bridgehead atoms. The Morgan fingerprint density at radius 3 is 1.34 bits per heavy atom. The Labute approximate surface area is 615 Å². The van der Waals surface area contributed by atoms with Crippen molar-refractivity contribution < 1.29 is 81.3 Å². The van der Waals surface area contributed by atoms with Crippen LogP contribution in [0.2, 0.25) is 0 Å². The average molecular weight is 1460 g/mol. The zero-order chi connectivity index (χ0) is 80.5. The summed E-state index contributed by atoms with van der Waals surface area (Å²) in [6.45, 7) is 38.6. The Hall–Kier alpha value is -7.88. The SMILES string of the molecule is C/C=C/C[C@@H](C)[C@@H](OC(C)=O)C(C(=O)N[C@@H](CC)C(=O)N(C)CC(=O)OC)N(C)C(=O)[C@H](C(C)C)N(C)C(=O)[C@H](CC(C)C)N(C)C(=O)[C@H](CC(C)C)N(C)C(=O)[C@@H](C)NC(=O)[C@H](C)NC(=O)[C@H](CC(C)C)N(C)C(=O)[C@@H](NC(=O)[C@H](C(C)C)N(CC)C(=O)[C@@H](C)N(C)C(=O)OC(C)(C)C)C(C)C. The molecule has 0 aromatic carbocycles. The number of rotatable bonds is 40. The molecule has 0 radical (unpaired) electrons. The van der Waals surface area contributed by atoms with E-state index in [1.165, 1.54) is 102 Å². The van der Waals surface area contributed by atoms with Gasteiger partial charge in [0.05, 0.1) is 7.11 Å². The molecule has 590 valence electrons. The van der Waals surface area contributed by atoms with Gasteiger partial charge in [0.1, 0.15) is 84.7 Å². The fourth-order valence-electron chi connectivity index (χ4n) is 12.1. The molecule has 0 aliphatic heterocycles. The summed E-state index contributed by atoms with van der Waals surface area (Å²) in [5.74, 6) is -11.7. The first-order valence-electron chi connectivity index (χ1n) is 36.3. The van der Waals surface area contributed by atoms with Crippen LogP contribution in [0.15, 0.2) is 12.2 Å². The van der Waals surface area contributed by atoms with E-state index in [0.29, 0.717) is 6.42 Å². The molecule has 0 aromatic rings. The number of likely N-dealkylation sites (N-methyl/N-ethyl adjacent to an activating group) is 8. The smallest absolute Gasteiger partial charge is 0.410 e. The van der Waals surface area contributed by atoms with Gasteiger partial charge in [-0.05, 0) is 129 Å². The van der Waals surface area contributed by atoms with Gasteiger partial charge in [0.2, 0.25) is 65.0 Å². The van der Waals surface area contributed by atoms with Crippen LogP contribution in [0.1, 0.15) is 191 Å². The maximum atomic E-state index is 15.3. The van der Waals surface area contributed by atoms with Gasteiger partial charge in [-0.25, -0.2) is 4.79 Å². The summed E-state index contributed by atoms with van der Waals surface area (Å²) in [6, 6.07) is -13.5. The minimum atomic E-state index is -1.58. The lowest BCUT2D eigenvalue weighted by Gasteiger charge is -2.42. The summed E-state index contributed by atoms with van der Waals surface area (Å²) in [5.41, 5.74) is -0.830. The molecule has 0 aliphatic carbocycles. The highest BCUT2D eigenvalue weighted by Gasteiger charge is 2.47. The number of hydrogen-bond acceptors (Lipinski definition) is 17. The molecule has 12 amide bonds. The standard InChI is InChI=1S/C74H132N12O17/c1-32-35-36-47(16)61(102-51(20)87)60(65(92)77-52(33-2)68(95)79(24)40-56(88)101-31)85(30)72(99)59(46(14)15)84(29)70(97)55(39-43(8)9)83(28)69(96)54(38-42(6)7)82(27)66(93)49(18)76-62(89)48(17)75-63(90)53(37-41(4)5)81(26)71(98)57(44(10)11)78-64(91)58(45(12)13)86(34-3)67(94)50(19)80(25)73(100)103-74(21,22)23/h32,35,41-50,52-55,57-61H,33-34,36-40H2,1-31H3,(H,75,90)(H,76,89)(H,77,92)(H,78,91)/b35-32+/t47-,48+,49-,50-,52+,53+,54+,55+,57+,58+,59+,60?,61-/m1/s1. The van der Waals surface area contributed by atoms with E-state index in [1.54, 1.807) is 96.1 Å². The highest BCUT2D eigenvalue weighted by molar-refractivity contribution is 5.99. The molecule has 0 aromatic heterocycles. The van der Waals surface area contributed by atoms with Crippen molar-refractivity contribution in [3.63, 3.8) is 0 Å². The zero-order valence-electron chi connectivity index (χ0n) is 68.1. The van der Waals surface area contributed by atoms with Crippen LogP contribution in [0.4, 0.5) is 4.79 Å². The summed E-state index contributed by atoms with van der Waals surface area (Å²) in [7, 11) is 11.0. The number of methoxy groups -OCH3 is 1. The van der Waals surface area contributed by atoms with Crippen LogP contribution in [0, 0.1) is 41.4 Å². The number of nitrogens with one attached hydrogen (secondary N) is 4. The Balaban J connectivity index is 7.20. The molecule has 0 aliphatic rings. The first-order chi connectivity index (χ1) is 47.3. The fourth-order valence-corrected chi connectivity index (χ4v) is 12.1. The Kier molecular flexibility index (Phi) is 40.1. The second kappa shape index (κ2) is 43.4. The molecule has 0 spiro atoms. The number of nitrogens with zero attached hydrogens (tertiary/aromatic N) is 8. The number of ether oxygens (including phenoxy) is 3. The Bertz CT molecular complexity index is 2910. The summed E-state index contributed by atoms with van der Waals surface area (Å²) in [6.07, 6.45) is 2.27. The van der Waals surface area contributed by atoms with Gasteiger partial charge >= 0.3 is 18.0 Å². The van der Waals surface area contributed by atoms with Crippen molar-refractivity contribution in [3.8, 4) is 0 Å². The predicted molar refractivity (Wildman–Crippen MR) is 393 cm³/mol. The van der Waals surface area contributed by atoms with Crippen molar-refractivity contribution in [1.29, 1.82) is 0 Å².